The molecule has 0 radical (unpaired) electrons. The van der Waals surface area contributed by atoms with Crippen LogP contribution in [0.25, 0.3) is 0 Å². The number of methoxy groups -OCH3 is 2. The van der Waals surface area contributed by atoms with E-state index in [1.54, 1.807) is 58.4 Å². The van der Waals surface area contributed by atoms with E-state index in [9.17, 15) is 37.5 Å². The number of benzene rings is 4. The van der Waals surface area contributed by atoms with E-state index < -0.39 is 75.9 Å². The zero-order chi connectivity index (χ0) is 61.8. The summed E-state index contributed by atoms with van der Waals surface area (Å²) in [5.41, 5.74) is 2.34. The van der Waals surface area contributed by atoms with Crippen molar-refractivity contribution in [2.45, 2.75) is 153 Å². The number of rotatable bonds is 33. The van der Waals surface area contributed by atoms with Crippen molar-refractivity contribution in [3.8, 4) is 17.2 Å². The van der Waals surface area contributed by atoms with Crippen LogP contribution in [0, 0.1) is 17.3 Å². The van der Waals surface area contributed by atoms with Gasteiger partial charge in [-0.1, -0.05) is 95.3 Å². The molecule has 0 aromatic heterocycles. The van der Waals surface area contributed by atoms with Crippen LogP contribution in [0.5, 0.6) is 17.2 Å². The number of unbranched alkanes of at least 4 members (excludes halogenated alkanes) is 1. The Morgan fingerprint density at radius 3 is 2.33 bits per heavy atom. The van der Waals surface area contributed by atoms with Gasteiger partial charge in [0.15, 0.2) is 17.8 Å². The van der Waals surface area contributed by atoms with Crippen LogP contribution >= 0.6 is 0 Å². The highest BCUT2D eigenvalue weighted by Gasteiger charge is 2.45. The van der Waals surface area contributed by atoms with E-state index in [0.29, 0.717) is 93.8 Å². The first-order chi connectivity index (χ1) is 41.3. The molecule has 0 spiro atoms. The van der Waals surface area contributed by atoms with E-state index in [2.05, 4.69) is 10.6 Å². The lowest BCUT2D eigenvalue weighted by atomic mass is 9.84. The van der Waals surface area contributed by atoms with Gasteiger partial charge in [0.1, 0.15) is 30.6 Å². The molecule has 0 bridgehead atoms. The van der Waals surface area contributed by atoms with E-state index >= 15 is 0 Å². The summed E-state index contributed by atoms with van der Waals surface area (Å²) in [6, 6.07) is 26.8. The maximum Gasteiger partial charge on any atom is 0.407 e. The molecule has 3 heterocycles. The van der Waals surface area contributed by atoms with E-state index in [1.807, 2.05) is 75.4 Å². The molecule has 3 aliphatic heterocycles. The zero-order valence-electron chi connectivity index (χ0n) is 50.9. The van der Waals surface area contributed by atoms with Gasteiger partial charge in [-0.2, -0.15) is 4.31 Å². The van der Waals surface area contributed by atoms with Crippen LogP contribution in [0.3, 0.4) is 0 Å². The van der Waals surface area contributed by atoms with Crippen molar-refractivity contribution in [1.82, 2.24) is 19.8 Å². The topological polar surface area (TPSA) is 244 Å². The molecule has 3 aliphatic rings. The van der Waals surface area contributed by atoms with E-state index in [1.165, 1.54) is 21.3 Å². The van der Waals surface area contributed by atoms with Crippen LogP contribution in [0.2, 0.25) is 0 Å². The maximum atomic E-state index is 14.2. The molecule has 3 amide bonds. The summed E-state index contributed by atoms with van der Waals surface area (Å²) < 4.78 is 75.9. The Bertz CT molecular complexity index is 2960. The lowest BCUT2D eigenvalue weighted by molar-refractivity contribution is -0.164. The zero-order valence-corrected chi connectivity index (χ0v) is 51.7. The fourth-order valence-corrected chi connectivity index (χ4v) is 12.3. The monoisotopic (exact) mass is 1210 g/mol. The van der Waals surface area contributed by atoms with Crippen LogP contribution in [0.1, 0.15) is 121 Å². The summed E-state index contributed by atoms with van der Waals surface area (Å²) in [7, 11) is -0.964. The number of piperidine rings is 1. The number of alkyl carbamates (subject to hydrolysis) is 1. The predicted molar refractivity (Wildman–Crippen MR) is 321 cm³/mol. The first kappa shape index (κ1) is 66.9. The molecule has 7 rings (SSSR count). The van der Waals surface area contributed by atoms with E-state index in [-0.39, 0.29) is 81.5 Å². The molecule has 0 saturated carbocycles. The number of nitrogens with one attached hydrogen (secondary N) is 2. The molecule has 1 unspecified atom stereocenters. The molecule has 3 saturated heterocycles. The van der Waals surface area contributed by atoms with Crippen molar-refractivity contribution < 1.29 is 75.4 Å². The Hall–Kier alpha value is -6.62. The SMILES string of the molecule is CCC(C)(C)C(=O)C(=O)N1CCCC[C@H]1C(=O)O[C@H](CCc1ccc(OC)c(OC)c1)c1cccc(OCCNC(=O)CCCCOCc2ccc(S(=O)(=O)N(CC(C)C)C[C@@H](O)C(Cc3ccccc3)NC(=O)O[C@H]3CO[C@H]4OCC[C@H]43)cc2)c1. The van der Waals surface area contributed by atoms with Gasteiger partial charge in [0.2, 0.25) is 21.7 Å². The molecular formula is C65H88N4O16S. The minimum Gasteiger partial charge on any atom is -0.493 e. The number of hydrogen-bond donors (Lipinski definition) is 3. The van der Waals surface area contributed by atoms with E-state index in [4.69, 9.17) is 37.9 Å². The number of aliphatic hydroxyl groups is 1. The Kier molecular flexibility index (Phi) is 25.2. The van der Waals surface area contributed by atoms with Crippen molar-refractivity contribution in [3.05, 3.63) is 119 Å². The minimum absolute atomic E-state index is 0.0517. The van der Waals surface area contributed by atoms with Gasteiger partial charge < -0.3 is 58.5 Å². The van der Waals surface area contributed by atoms with Gasteiger partial charge in [0.25, 0.3) is 5.91 Å². The Balaban J connectivity index is 0.857. The highest BCUT2D eigenvalue weighted by Crippen LogP contribution is 2.35. The van der Waals surface area contributed by atoms with Gasteiger partial charge in [-0.3, -0.25) is 14.4 Å². The van der Waals surface area contributed by atoms with Crippen LogP contribution < -0.4 is 24.8 Å². The van der Waals surface area contributed by atoms with Crippen molar-refractivity contribution >= 4 is 39.7 Å². The number of Topliss-reactive ketones (excluding diaryl/α,β-unsaturated/α-hetero) is 1. The third-order valence-corrected chi connectivity index (χ3v) is 17.9. The van der Waals surface area contributed by atoms with Gasteiger partial charge in [-0.25, -0.2) is 18.0 Å². The average molecular weight is 1210 g/mol. The van der Waals surface area contributed by atoms with E-state index in [0.717, 1.165) is 16.7 Å². The molecule has 20 nitrogen and oxygen atoms in total. The lowest BCUT2D eigenvalue weighted by Crippen LogP contribution is -2.53. The average Bonchev–Trinajstić information content (AvgIpc) is 2.58. The number of amides is 3. The summed E-state index contributed by atoms with van der Waals surface area (Å²) in [6.45, 7) is 11.0. The molecule has 3 fully saturated rings. The van der Waals surface area contributed by atoms with Crippen molar-refractivity contribution in [3.63, 3.8) is 0 Å². The largest absolute Gasteiger partial charge is 0.493 e. The summed E-state index contributed by atoms with van der Waals surface area (Å²) in [4.78, 5) is 68.5. The highest BCUT2D eigenvalue weighted by atomic mass is 32.2. The smallest absolute Gasteiger partial charge is 0.407 e. The van der Waals surface area contributed by atoms with Crippen LogP contribution in [0.15, 0.2) is 102 Å². The van der Waals surface area contributed by atoms with Gasteiger partial charge >= 0.3 is 12.1 Å². The number of aliphatic hydroxyl groups excluding tert-OH is 1. The fourth-order valence-electron chi connectivity index (χ4n) is 10.7. The number of carbonyl (C=O) groups is 5. The predicted octanol–water partition coefficient (Wildman–Crippen LogP) is 8.30. The first-order valence-corrected chi connectivity index (χ1v) is 31.6. The molecule has 7 atom stereocenters. The minimum atomic E-state index is -4.09. The quantitative estimate of drug-likeness (QED) is 0.0231. The number of likely N-dealkylation sites (tertiary alicyclic amines) is 1. The summed E-state index contributed by atoms with van der Waals surface area (Å²) in [6.07, 6.45) is 1.86. The number of aryl methyl sites for hydroxylation is 1. The fraction of sp³-hybridized carbons (Fsp3) is 0.554. The molecule has 21 heteroatoms. The number of nitrogens with zero attached hydrogens (tertiary/aromatic N) is 2. The third-order valence-electron chi connectivity index (χ3n) is 16.1. The third kappa shape index (κ3) is 18.9. The van der Waals surface area contributed by atoms with Crippen molar-refractivity contribution in [2.24, 2.45) is 17.3 Å². The number of sulfonamides is 1. The second-order valence-electron chi connectivity index (χ2n) is 23.3. The second-order valence-corrected chi connectivity index (χ2v) is 25.3. The highest BCUT2D eigenvalue weighted by molar-refractivity contribution is 7.89. The maximum absolute atomic E-state index is 14.2. The Labute approximate surface area is 506 Å². The van der Waals surface area contributed by atoms with Gasteiger partial charge in [-0.05, 0) is 129 Å². The lowest BCUT2D eigenvalue weighted by Gasteiger charge is -2.36. The van der Waals surface area contributed by atoms with Crippen LogP contribution in [-0.2, 0) is 72.3 Å². The molecule has 86 heavy (non-hydrogen) atoms. The van der Waals surface area contributed by atoms with Crippen molar-refractivity contribution in [1.29, 1.82) is 0 Å². The number of fused-ring (bicyclic) bond motifs is 1. The molecular weight excluding hydrogens is 1120 g/mol. The molecule has 0 aliphatic carbocycles. The van der Waals surface area contributed by atoms with Gasteiger partial charge in [-0.15, -0.1) is 0 Å². The Morgan fingerprint density at radius 1 is 0.837 bits per heavy atom. The molecule has 4 aromatic rings. The molecule has 470 valence electrons. The van der Waals surface area contributed by atoms with Gasteiger partial charge in [0.05, 0.1) is 63.5 Å². The standard InChI is InChI=1S/C65H88N4O16S/c1-8-65(4,5)60(72)61(73)69-33-14-12-21-53(69)62(74)84-55(29-25-46-26-30-56(78-6)57(38-46)79-7)48-19-16-20-49(39-48)81-36-32-66-59(71)22-13-15-34-80-42-47-23-27-50(28-24-47)86(76,77)68(40-44(2)3)41-54(70)52(37-45-17-10-9-11-18-45)67-64(75)85-58-43-83-63-51(58)31-35-82-63/h9-11,16-20,23-24,26-28,30,38-39,44,51-55,58,63,70H,8,12-15,21-22,25,29,31-37,40-43H2,1-7H3,(H,66,71)(H,67,75)/t51-,52?,53-,54+,55+,58-,63+/m0/s1. The molecule has 4 aromatic carbocycles. The molecule has 3 N–H and O–H groups in total. The number of hydrogen-bond acceptors (Lipinski definition) is 16. The summed E-state index contributed by atoms with van der Waals surface area (Å²) >= 11 is 0. The number of esters is 1. The number of carbonyl (C=O) groups excluding carboxylic acids is 5. The summed E-state index contributed by atoms with van der Waals surface area (Å²) in [5.74, 6) is -0.397. The van der Waals surface area contributed by atoms with Crippen LogP contribution in [-0.4, -0.2) is 150 Å². The van der Waals surface area contributed by atoms with Gasteiger partial charge in [0, 0.05) is 38.1 Å². The Morgan fingerprint density at radius 2 is 1.59 bits per heavy atom. The number of ketones is 1. The first-order valence-electron chi connectivity index (χ1n) is 30.2. The van der Waals surface area contributed by atoms with Crippen LogP contribution in [0.4, 0.5) is 4.79 Å². The number of ether oxygens (including phenoxy) is 8. The second kappa shape index (κ2) is 32.4. The normalized spacial score (nSPS) is 18.8. The summed E-state index contributed by atoms with van der Waals surface area (Å²) in [5, 5.41) is 17.4. The van der Waals surface area contributed by atoms with Crippen molar-refractivity contribution in [2.75, 3.05) is 66.8 Å².